The van der Waals surface area contributed by atoms with Crippen LogP contribution in [0, 0.1) is 0 Å². The van der Waals surface area contributed by atoms with E-state index in [2.05, 4.69) is 5.32 Å². The minimum atomic E-state index is 0.317. The van der Waals surface area contributed by atoms with Crippen molar-refractivity contribution >= 4 is 0 Å². The van der Waals surface area contributed by atoms with Crippen molar-refractivity contribution < 1.29 is 14.2 Å². The molecule has 15 heavy (non-hydrogen) atoms. The van der Waals surface area contributed by atoms with Crippen molar-refractivity contribution in [2.24, 2.45) is 0 Å². The van der Waals surface area contributed by atoms with Gasteiger partial charge in [0.05, 0.1) is 19.3 Å². The summed E-state index contributed by atoms with van der Waals surface area (Å²) in [6.45, 7) is 8.92. The van der Waals surface area contributed by atoms with Gasteiger partial charge in [0.25, 0.3) is 0 Å². The normalized spacial score (nSPS) is 11.2. The standard InChI is InChI=1S/C11H25NO3/c1-11(2)15-10-6-12-5-9-14-8-4-7-13-3/h11-12H,4-10H2,1-3H3. The zero-order valence-electron chi connectivity index (χ0n) is 10.3. The molecule has 0 amide bonds. The molecule has 0 bridgehead atoms. The van der Waals surface area contributed by atoms with E-state index in [9.17, 15) is 0 Å². The molecular formula is C11H25NO3. The highest BCUT2D eigenvalue weighted by Gasteiger charge is 1.92. The van der Waals surface area contributed by atoms with Gasteiger partial charge in [-0.3, -0.25) is 0 Å². The number of hydrogen-bond donors (Lipinski definition) is 1. The number of hydrogen-bond acceptors (Lipinski definition) is 4. The molecule has 0 saturated carbocycles. The predicted molar refractivity (Wildman–Crippen MR) is 61.3 cm³/mol. The fraction of sp³-hybridized carbons (Fsp3) is 1.00. The van der Waals surface area contributed by atoms with Crippen molar-refractivity contribution in [2.45, 2.75) is 26.4 Å². The van der Waals surface area contributed by atoms with Gasteiger partial charge in [0.15, 0.2) is 0 Å². The summed E-state index contributed by atoms with van der Waals surface area (Å²) >= 11 is 0. The summed E-state index contributed by atoms with van der Waals surface area (Å²) in [5.74, 6) is 0. The van der Waals surface area contributed by atoms with E-state index in [1.807, 2.05) is 13.8 Å². The Hall–Kier alpha value is -0.160. The zero-order valence-corrected chi connectivity index (χ0v) is 10.3. The Morgan fingerprint density at radius 2 is 1.73 bits per heavy atom. The van der Waals surface area contributed by atoms with E-state index in [0.717, 1.165) is 45.9 Å². The van der Waals surface area contributed by atoms with Crippen molar-refractivity contribution in [3.05, 3.63) is 0 Å². The number of methoxy groups -OCH3 is 1. The molecule has 0 saturated heterocycles. The lowest BCUT2D eigenvalue weighted by molar-refractivity contribution is 0.0767. The SMILES string of the molecule is COCCCOCCNCCOC(C)C. The van der Waals surface area contributed by atoms with Gasteiger partial charge in [0, 0.05) is 33.4 Å². The summed E-state index contributed by atoms with van der Waals surface area (Å²) in [4.78, 5) is 0. The number of nitrogens with one attached hydrogen (secondary N) is 1. The third-order valence-electron chi connectivity index (χ3n) is 1.79. The summed E-state index contributed by atoms with van der Waals surface area (Å²) in [6.07, 6.45) is 1.28. The molecule has 1 N–H and O–H groups in total. The first-order chi connectivity index (χ1) is 7.27. The Morgan fingerprint density at radius 3 is 2.40 bits per heavy atom. The van der Waals surface area contributed by atoms with Crippen LogP contribution in [-0.4, -0.2) is 52.7 Å². The summed E-state index contributed by atoms with van der Waals surface area (Å²) in [6, 6.07) is 0. The van der Waals surface area contributed by atoms with E-state index >= 15 is 0 Å². The summed E-state index contributed by atoms with van der Waals surface area (Å²) in [5.41, 5.74) is 0. The van der Waals surface area contributed by atoms with Gasteiger partial charge in [-0.1, -0.05) is 0 Å². The second-order valence-electron chi connectivity index (χ2n) is 3.63. The van der Waals surface area contributed by atoms with Gasteiger partial charge in [-0.15, -0.1) is 0 Å². The van der Waals surface area contributed by atoms with Gasteiger partial charge in [-0.05, 0) is 20.3 Å². The smallest absolute Gasteiger partial charge is 0.0594 e. The zero-order chi connectivity index (χ0) is 11.4. The van der Waals surface area contributed by atoms with E-state index in [0.29, 0.717) is 6.10 Å². The Kier molecular flexibility index (Phi) is 11.8. The van der Waals surface area contributed by atoms with Crippen molar-refractivity contribution in [2.75, 3.05) is 46.6 Å². The predicted octanol–water partition coefficient (Wildman–Crippen LogP) is 1.05. The van der Waals surface area contributed by atoms with Crippen LogP contribution >= 0.6 is 0 Å². The monoisotopic (exact) mass is 219 g/mol. The van der Waals surface area contributed by atoms with Gasteiger partial charge < -0.3 is 19.5 Å². The van der Waals surface area contributed by atoms with Gasteiger partial charge in [-0.25, -0.2) is 0 Å². The average molecular weight is 219 g/mol. The molecule has 0 aromatic heterocycles. The van der Waals surface area contributed by atoms with Gasteiger partial charge in [0.2, 0.25) is 0 Å². The van der Waals surface area contributed by atoms with E-state index in [-0.39, 0.29) is 0 Å². The van der Waals surface area contributed by atoms with Crippen molar-refractivity contribution in [3.63, 3.8) is 0 Å². The average Bonchev–Trinajstić information content (AvgIpc) is 2.20. The van der Waals surface area contributed by atoms with E-state index < -0.39 is 0 Å². The van der Waals surface area contributed by atoms with Crippen molar-refractivity contribution in [1.82, 2.24) is 5.32 Å². The molecule has 0 aromatic rings. The minimum Gasteiger partial charge on any atom is -0.385 e. The lowest BCUT2D eigenvalue weighted by Crippen LogP contribution is -2.25. The molecule has 0 unspecified atom stereocenters. The summed E-state index contributed by atoms with van der Waals surface area (Å²) < 4.78 is 15.7. The molecule has 0 aliphatic carbocycles. The van der Waals surface area contributed by atoms with E-state index in [1.54, 1.807) is 7.11 Å². The van der Waals surface area contributed by atoms with Crippen molar-refractivity contribution in [1.29, 1.82) is 0 Å². The first kappa shape index (κ1) is 14.8. The molecule has 0 rings (SSSR count). The maximum Gasteiger partial charge on any atom is 0.0594 e. The maximum absolute atomic E-state index is 5.38. The van der Waals surface area contributed by atoms with Crippen LogP contribution in [-0.2, 0) is 14.2 Å². The molecule has 4 nitrogen and oxygen atoms in total. The molecule has 0 aliphatic rings. The third kappa shape index (κ3) is 13.8. The Bertz CT molecular complexity index is 120. The molecule has 0 radical (unpaired) electrons. The molecule has 0 atom stereocenters. The second-order valence-corrected chi connectivity index (χ2v) is 3.63. The number of rotatable bonds is 11. The van der Waals surface area contributed by atoms with Crippen LogP contribution in [0.1, 0.15) is 20.3 Å². The molecule has 0 fully saturated rings. The van der Waals surface area contributed by atoms with Gasteiger partial charge >= 0.3 is 0 Å². The fourth-order valence-electron chi connectivity index (χ4n) is 1.04. The van der Waals surface area contributed by atoms with Gasteiger partial charge in [-0.2, -0.15) is 0 Å². The van der Waals surface area contributed by atoms with Crippen molar-refractivity contribution in [3.8, 4) is 0 Å². The molecular weight excluding hydrogens is 194 g/mol. The Labute approximate surface area is 93.3 Å². The molecule has 0 aromatic carbocycles. The van der Waals surface area contributed by atoms with E-state index in [1.165, 1.54) is 0 Å². The third-order valence-corrected chi connectivity index (χ3v) is 1.79. The highest BCUT2D eigenvalue weighted by atomic mass is 16.5. The largest absolute Gasteiger partial charge is 0.385 e. The molecule has 0 heterocycles. The van der Waals surface area contributed by atoms with E-state index in [4.69, 9.17) is 14.2 Å². The first-order valence-electron chi connectivity index (χ1n) is 5.66. The van der Waals surface area contributed by atoms with Crippen LogP contribution in [0.2, 0.25) is 0 Å². The summed E-state index contributed by atoms with van der Waals surface area (Å²) in [5, 5.41) is 3.25. The molecule has 4 heteroatoms. The molecule has 0 spiro atoms. The fourth-order valence-corrected chi connectivity index (χ4v) is 1.04. The Balaban J connectivity index is 2.87. The molecule has 0 aliphatic heterocycles. The highest BCUT2D eigenvalue weighted by Crippen LogP contribution is 1.85. The van der Waals surface area contributed by atoms with Gasteiger partial charge in [0.1, 0.15) is 0 Å². The topological polar surface area (TPSA) is 39.7 Å². The Morgan fingerprint density at radius 1 is 1.00 bits per heavy atom. The lowest BCUT2D eigenvalue weighted by atomic mass is 10.5. The second kappa shape index (κ2) is 11.9. The van der Waals surface area contributed by atoms with Crippen LogP contribution in [0.3, 0.4) is 0 Å². The van der Waals surface area contributed by atoms with Crippen LogP contribution < -0.4 is 5.32 Å². The maximum atomic E-state index is 5.38. The highest BCUT2D eigenvalue weighted by molar-refractivity contribution is 4.46. The first-order valence-corrected chi connectivity index (χ1v) is 5.66. The lowest BCUT2D eigenvalue weighted by Gasteiger charge is -2.08. The van der Waals surface area contributed by atoms with Crippen LogP contribution in [0.4, 0.5) is 0 Å². The van der Waals surface area contributed by atoms with Crippen LogP contribution in [0.5, 0.6) is 0 Å². The summed E-state index contributed by atoms with van der Waals surface area (Å²) in [7, 11) is 1.70. The minimum absolute atomic E-state index is 0.317. The van der Waals surface area contributed by atoms with Crippen LogP contribution in [0.25, 0.3) is 0 Å². The van der Waals surface area contributed by atoms with Crippen LogP contribution in [0.15, 0.2) is 0 Å². The quantitative estimate of drug-likeness (QED) is 0.527. The molecule has 92 valence electrons. The number of ether oxygens (including phenoxy) is 3.